The summed E-state index contributed by atoms with van der Waals surface area (Å²) >= 11 is 1.64. The first-order chi connectivity index (χ1) is 14.1. The topological polar surface area (TPSA) is 53.5 Å². The van der Waals surface area contributed by atoms with Crippen LogP contribution in [0, 0.1) is 0 Å². The predicted octanol–water partition coefficient (Wildman–Crippen LogP) is 4.35. The van der Waals surface area contributed by atoms with Gasteiger partial charge in [-0.25, -0.2) is 4.98 Å². The number of hydrogen-bond acceptors (Lipinski definition) is 4. The number of piperidine rings is 1. The van der Waals surface area contributed by atoms with Crippen molar-refractivity contribution in [3.63, 3.8) is 0 Å². The summed E-state index contributed by atoms with van der Waals surface area (Å²) in [5, 5.41) is 0.887. The van der Waals surface area contributed by atoms with Crippen LogP contribution in [0.15, 0.2) is 53.7 Å². The summed E-state index contributed by atoms with van der Waals surface area (Å²) in [6, 6.07) is 13.3. The highest BCUT2D eigenvalue weighted by Crippen LogP contribution is 2.22. The molecular formula is C23H29N3O2S. The van der Waals surface area contributed by atoms with Crippen molar-refractivity contribution in [2.75, 3.05) is 25.4 Å². The summed E-state index contributed by atoms with van der Waals surface area (Å²) in [6.07, 6.45) is 4.25. The maximum atomic E-state index is 13.2. The lowest BCUT2D eigenvalue weighted by Crippen LogP contribution is -2.49. The van der Waals surface area contributed by atoms with Crippen molar-refractivity contribution >= 4 is 23.6 Å². The van der Waals surface area contributed by atoms with Crippen LogP contribution in [0.25, 0.3) is 0 Å². The Bertz CT molecular complexity index is 820. The molecule has 1 saturated heterocycles. The van der Waals surface area contributed by atoms with E-state index >= 15 is 0 Å². The highest BCUT2D eigenvalue weighted by atomic mass is 32.2. The average Bonchev–Trinajstić information content (AvgIpc) is 2.78. The number of pyridine rings is 1. The van der Waals surface area contributed by atoms with Crippen molar-refractivity contribution in [2.24, 2.45) is 0 Å². The number of carbonyl (C=O) groups excluding carboxylic acids is 2. The van der Waals surface area contributed by atoms with Crippen molar-refractivity contribution in [3.8, 4) is 0 Å². The summed E-state index contributed by atoms with van der Waals surface area (Å²) in [5.74, 6) is 1.07. The summed E-state index contributed by atoms with van der Waals surface area (Å²) in [7, 11) is 0. The number of carbonyl (C=O) groups is 2. The smallest absolute Gasteiger partial charge is 0.254 e. The summed E-state index contributed by atoms with van der Waals surface area (Å²) in [5.41, 5.74) is 1.43. The first kappa shape index (κ1) is 21.4. The van der Waals surface area contributed by atoms with Gasteiger partial charge in [-0.1, -0.05) is 32.0 Å². The van der Waals surface area contributed by atoms with Crippen LogP contribution < -0.4 is 0 Å². The fourth-order valence-electron chi connectivity index (χ4n) is 3.77. The van der Waals surface area contributed by atoms with E-state index in [-0.39, 0.29) is 17.9 Å². The van der Waals surface area contributed by atoms with Crippen LogP contribution in [0.2, 0.25) is 0 Å². The Morgan fingerprint density at radius 3 is 2.48 bits per heavy atom. The zero-order chi connectivity index (χ0) is 20.6. The van der Waals surface area contributed by atoms with Gasteiger partial charge in [0.25, 0.3) is 11.8 Å². The molecule has 1 aromatic heterocycles. The monoisotopic (exact) mass is 411 g/mol. The minimum Gasteiger partial charge on any atom is -0.338 e. The van der Waals surface area contributed by atoms with Gasteiger partial charge in [-0.05, 0) is 49.3 Å². The van der Waals surface area contributed by atoms with Crippen LogP contribution in [-0.2, 0) is 0 Å². The van der Waals surface area contributed by atoms with Crippen molar-refractivity contribution in [1.82, 2.24) is 14.8 Å². The largest absolute Gasteiger partial charge is 0.338 e. The standard InChI is InChI=1S/C23H29N3O2S/c1-3-14-26(23(28)19-10-13-24-21(17-19)29-4-2)20-11-15-25(16-12-20)22(27)18-8-6-5-7-9-18/h5-10,13,17,20H,3-4,11-12,14-16H2,1-2H3. The lowest BCUT2D eigenvalue weighted by molar-refractivity contribution is 0.0519. The molecule has 0 aliphatic carbocycles. The van der Waals surface area contributed by atoms with E-state index < -0.39 is 0 Å². The zero-order valence-corrected chi connectivity index (χ0v) is 18.0. The molecule has 154 valence electrons. The summed E-state index contributed by atoms with van der Waals surface area (Å²) in [4.78, 5) is 34.2. The van der Waals surface area contributed by atoms with E-state index in [1.807, 2.05) is 46.2 Å². The van der Waals surface area contributed by atoms with Crippen molar-refractivity contribution in [1.29, 1.82) is 0 Å². The van der Waals surface area contributed by atoms with Crippen LogP contribution in [-0.4, -0.2) is 58.0 Å². The molecule has 2 heterocycles. The number of amides is 2. The molecule has 3 rings (SSSR count). The van der Waals surface area contributed by atoms with Crippen LogP contribution in [0.4, 0.5) is 0 Å². The molecule has 0 spiro atoms. The fraction of sp³-hybridized carbons (Fsp3) is 0.435. The van der Waals surface area contributed by atoms with Crippen LogP contribution >= 0.6 is 11.8 Å². The van der Waals surface area contributed by atoms with E-state index in [0.717, 1.165) is 42.1 Å². The molecule has 0 atom stereocenters. The summed E-state index contributed by atoms with van der Waals surface area (Å²) < 4.78 is 0. The predicted molar refractivity (Wildman–Crippen MR) is 117 cm³/mol. The molecule has 0 unspecified atom stereocenters. The Hall–Kier alpha value is -2.34. The lowest BCUT2D eigenvalue weighted by atomic mass is 10.0. The molecule has 29 heavy (non-hydrogen) atoms. The molecule has 0 bridgehead atoms. The lowest BCUT2D eigenvalue weighted by Gasteiger charge is -2.38. The van der Waals surface area contributed by atoms with Gasteiger partial charge in [0.2, 0.25) is 0 Å². The highest BCUT2D eigenvalue weighted by Gasteiger charge is 2.30. The molecule has 6 heteroatoms. The Kier molecular flexibility index (Phi) is 7.69. The van der Waals surface area contributed by atoms with E-state index in [1.165, 1.54) is 0 Å². The Balaban J connectivity index is 1.67. The Morgan fingerprint density at radius 1 is 1.10 bits per heavy atom. The Labute approximate surface area is 177 Å². The molecule has 0 saturated carbocycles. The molecule has 2 amide bonds. The molecule has 5 nitrogen and oxygen atoms in total. The zero-order valence-electron chi connectivity index (χ0n) is 17.2. The maximum Gasteiger partial charge on any atom is 0.254 e. The number of likely N-dealkylation sites (tertiary alicyclic amines) is 1. The van der Waals surface area contributed by atoms with Gasteiger partial charge in [0.05, 0.1) is 5.03 Å². The fourth-order valence-corrected chi connectivity index (χ4v) is 4.41. The first-order valence-corrected chi connectivity index (χ1v) is 11.4. The van der Waals surface area contributed by atoms with E-state index in [0.29, 0.717) is 18.7 Å². The van der Waals surface area contributed by atoms with E-state index in [9.17, 15) is 9.59 Å². The molecule has 1 fully saturated rings. The Morgan fingerprint density at radius 2 is 1.83 bits per heavy atom. The molecule has 2 aromatic rings. The van der Waals surface area contributed by atoms with Crippen LogP contribution in [0.1, 0.15) is 53.8 Å². The van der Waals surface area contributed by atoms with Gasteiger partial charge in [-0.15, -0.1) is 11.8 Å². The third-order valence-electron chi connectivity index (χ3n) is 5.21. The number of hydrogen-bond donors (Lipinski definition) is 0. The molecule has 0 radical (unpaired) electrons. The summed E-state index contributed by atoms with van der Waals surface area (Å²) in [6.45, 7) is 6.26. The highest BCUT2D eigenvalue weighted by molar-refractivity contribution is 7.99. The minimum atomic E-state index is 0.0695. The number of benzene rings is 1. The van der Waals surface area contributed by atoms with E-state index in [2.05, 4.69) is 18.8 Å². The third kappa shape index (κ3) is 5.38. The number of thioether (sulfide) groups is 1. The second-order valence-corrected chi connectivity index (χ2v) is 8.49. The van der Waals surface area contributed by atoms with E-state index in [1.54, 1.807) is 24.0 Å². The van der Waals surface area contributed by atoms with Crippen LogP contribution in [0.5, 0.6) is 0 Å². The number of aromatic nitrogens is 1. The van der Waals surface area contributed by atoms with Crippen molar-refractivity contribution in [2.45, 2.75) is 44.2 Å². The van der Waals surface area contributed by atoms with Gasteiger partial charge in [0.15, 0.2) is 0 Å². The van der Waals surface area contributed by atoms with Crippen molar-refractivity contribution in [3.05, 3.63) is 59.8 Å². The quantitative estimate of drug-likeness (QED) is 0.636. The van der Waals surface area contributed by atoms with Gasteiger partial charge in [0.1, 0.15) is 0 Å². The number of nitrogens with zero attached hydrogens (tertiary/aromatic N) is 3. The number of rotatable bonds is 7. The van der Waals surface area contributed by atoms with Gasteiger partial charge >= 0.3 is 0 Å². The molecule has 1 aromatic carbocycles. The molecular weight excluding hydrogens is 382 g/mol. The molecule has 1 aliphatic rings. The second kappa shape index (κ2) is 10.4. The second-order valence-electron chi connectivity index (χ2n) is 7.20. The average molecular weight is 412 g/mol. The van der Waals surface area contributed by atoms with E-state index in [4.69, 9.17) is 0 Å². The first-order valence-electron chi connectivity index (χ1n) is 10.4. The van der Waals surface area contributed by atoms with Gasteiger partial charge < -0.3 is 9.80 Å². The van der Waals surface area contributed by atoms with Gasteiger partial charge in [-0.2, -0.15) is 0 Å². The SMILES string of the molecule is CCCN(C(=O)c1ccnc(SCC)c1)C1CCN(C(=O)c2ccccc2)CC1. The maximum absolute atomic E-state index is 13.2. The third-order valence-corrected chi connectivity index (χ3v) is 6.02. The van der Waals surface area contributed by atoms with Gasteiger partial charge in [0, 0.05) is 43.0 Å². The molecule has 1 aliphatic heterocycles. The van der Waals surface area contributed by atoms with Crippen molar-refractivity contribution < 1.29 is 9.59 Å². The normalized spacial score (nSPS) is 14.6. The van der Waals surface area contributed by atoms with Gasteiger partial charge in [-0.3, -0.25) is 9.59 Å². The molecule has 0 N–H and O–H groups in total. The van der Waals surface area contributed by atoms with Crippen LogP contribution in [0.3, 0.4) is 0 Å². The minimum absolute atomic E-state index is 0.0695.